The highest BCUT2D eigenvalue weighted by Crippen LogP contribution is 2.32. The molecule has 0 saturated heterocycles. The minimum absolute atomic E-state index is 0.321. The summed E-state index contributed by atoms with van der Waals surface area (Å²) in [4.78, 5) is 0.321. The van der Waals surface area contributed by atoms with Crippen LogP contribution in [0.4, 0.5) is 0 Å². The van der Waals surface area contributed by atoms with E-state index in [0.29, 0.717) is 4.83 Å². The number of halogens is 3. The van der Waals surface area contributed by atoms with Gasteiger partial charge >= 0.3 is 0 Å². The molecule has 3 heteroatoms. The molecule has 0 saturated carbocycles. The van der Waals surface area contributed by atoms with E-state index in [4.69, 9.17) is 0 Å². The Morgan fingerprint density at radius 3 is 2.21 bits per heavy atom. The van der Waals surface area contributed by atoms with Gasteiger partial charge in [-0.1, -0.05) is 71.6 Å². The maximum Gasteiger partial charge on any atom is 0.0436 e. The van der Waals surface area contributed by atoms with Gasteiger partial charge in [0.25, 0.3) is 0 Å². The van der Waals surface area contributed by atoms with Crippen molar-refractivity contribution in [1.82, 2.24) is 0 Å². The highest BCUT2D eigenvalue weighted by atomic mass is 79.9. The minimum Gasteiger partial charge on any atom is -0.0835 e. The Hall–Kier alpha value is -0.120. The van der Waals surface area contributed by atoms with Crippen LogP contribution in [0.15, 0.2) is 45.3 Å². The van der Waals surface area contributed by atoms with Crippen molar-refractivity contribution >= 4 is 47.8 Å². The minimum atomic E-state index is 0.321. The molecule has 0 aliphatic carbocycles. The lowest BCUT2D eigenvalue weighted by atomic mass is 9.99. The lowest BCUT2D eigenvalue weighted by molar-refractivity contribution is 0.934. The van der Waals surface area contributed by atoms with Gasteiger partial charge in [0, 0.05) is 13.8 Å². The van der Waals surface area contributed by atoms with Gasteiger partial charge in [0.15, 0.2) is 0 Å². The zero-order chi connectivity index (χ0) is 14.0. The van der Waals surface area contributed by atoms with Crippen molar-refractivity contribution in [2.75, 3.05) is 0 Å². The first kappa shape index (κ1) is 15.3. The highest BCUT2D eigenvalue weighted by Gasteiger charge is 2.11. The fourth-order valence-corrected chi connectivity index (χ4v) is 4.03. The molecule has 0 aromatic heterocycles. The second-order valence-electron chi connectivity index (χ2n) is 4.80. The molecule has 0 heterocycles. The van der Waals surface area contributed by atoms with Crippen LogP contribution in [0.5, 0.6) is 0 Å². The fraction of sp³-hybridized carbons (Fsp3) is 0.250. The molecule has 19 heavy (non-hydrogen) atoms. The van der Waals surface area contributed by atoms with Gasteiger partial charge in [-0.3, -0.25) is 0 Å². The standard InChI is InChI=1S/C16H15Br3/c1-10-3-4-11(2)12(5-10)8-16(19)13-6-14(17)9-15(18)7-13/h3-7,9,16H,8H2,1-2H3. The van der Waals surface area contributed by atoms with Crippen LogP contribution < -0.4 is 0 Å². The Bertz CT molecular complexity index is 570. The van der Waals surface area contributed by atoms with Crippen LogP contribution in [0.2, 0.25) is 0 Å². The predicted molar refractivity (Wildman–Crippen MR) is 93.1 cm³/mol. The summed E-state index contributed by atoms with van der Waals surface area (Å²) in [6.07, 6.45) is 0.996. The Kier molecular flexibility index (Phi) is 5.27. The Balaban J connectivity index is 2.25. The second-order valence-corrected chi connectivity index (χ2v) is 7.74. The number of benzene rings is 2. The molecule has 100 valence electrons. The number of alkyl halides is 1. The van der Waals surface area contributed by atoms with Crippen LogP contribution in [-0.2, 0) is 6.42 Å². The molecule has 0 N–H and O–H groups in total. The molecule has 1 atom stereocenters. The van der Waals surface area contributed by atoms with Gasteiger partial charge in [-0.05, 0) is 55.2 Å². The van der Waals surface area contributed by atoms with Crippen LogP contribution >= 0.6 is 47.8 Å². The number of aryl methyl sites for hydroxylation is 2. The van der Waals surface area contributed by atoms with Gasteiger partial charge in [0.2, 0.25) is 0 Å². The summed E-state index contributed by atoms with van der Waals surface area (Å²) in [5.74, 6) is 0. The summed E-state index contributed by atoms with van der Waals surface area (Å²) >= 11 is 10.9. The van der Waals surface area contributed by atoms with E-state index in [1.165, 1.54) is 22.3 Å². The van der Waals surface area contributed by atoms with Gasteiger partial charge in [-0.15, -0.1) is 0 Å². The Morgan fingerprint density at radius 2 is 1.58 bits per heavy atom. The number of hydrogen-bond donors (Lipinski definition) is 0. The molecular formula is C16H15Br3. The van der Waals surface area contributed by atoms with Crippen molar-refractivity contribution in [3.63, 3.8) is 0 Å². The highest BCUT2D eigenvalue weighted by molar-refractivity contribution is 9.11. The molecule has 0 fully saturated rings. The summed E-state index contributed by atoms with van der Waals surface area (Å²) in [6, 6.07) is 13.0. The smallest absolute Gasteiger partial charge is 0.0436 e. The molecule has 0 nitrogen and oxygen atoms in total. The maximum atomic E-state index is 3.81. The van der Waals surface area contributed by atoms with E-state index in [9.17, 15) is 0 Å². The molecule has 0 radical (unpaired) electrons. The zero-order valence-electron chi connectivity index (χ0n) is 10.9. The van der Waals surface area contributed by atoms with Gasteiger partial charge in [0.1, 0.15) is 0 Å². The van der Waals surface area contributed by atoms with Gasteiger partial charge < -0.3 is 0 Å². The van der Waals surface area contributed by atoms with E-state index < -0.39 is 0 Å². The number of rotatable bonds is 3. The van der Waals surface area contributed by atoms with Crippen molar-refractivity contribution in [1.29, 1.82) is 0 Å². The second kappa shape index (κ2) is 6.55. The summed E-state index contributed by atoms with van der Waals surface area (Å²) in [7, 11) is 0. The van der Waals surface area contributed by atoms with Gasteiger partial charge in [-0.25, -0.2) is 0 Å². The maximum absolute atomic E-state index is 3.81. The molecule has 0 bridgehead atoms. The van der Waals surface area contributed by atoms with E-state index >= 15 is 0 Å². The van der Waals surface area contributed by atoms with Gasteiger partial charge in [-0.2, -0.15) is 0 Å². The van der Waals surface area contributed by atoms with E-state index in [1.807, 2.05) is 0 Å². The van der Waals surface area contributed by atoms with E-state index in [-0.39, 0.29) is 0 Å². The average molecular weight is 447 g/mol. The van der Waals surface area contributed by atoms with Crippen LogP contribution in [-0.4, -0.2) is 0 Å². The molecule has 0 spiro atoms. The van der Waals surface area contributed by atoms with Crippen LogP contribution in [0.1, 0.15) is 27.1 Å². The lowest BCUT2D eigenvalue weighted by Gasteiger charge is -2.14. The largest absolute Gasteiger partial charge is 0.0835 e. The SMILES string of the molecule is Cc1ccc(C)c(CC(Br)c2cc(Br)cc(Br)c2)c1. The van der Waals surface area contributed by atoms with Crippen molar-refractivity contribution in [3.05, 3.63) is 67.6 Å². The predicted octanol–water partition coefficient (Wildman–Crippen LogP) is 6.51. The molecule has 2 rings (SSSR count). The first-order valence-electron chi connectivity index (χ1n) is 6.12. The average Bonchev–Trinajstić information content (AvgIpc) is 2.32. The zero-order valence-corrected chi connectivity index (χ0v) is 15.6. The van der Waals surface area contributed by atoms with E-state index in [2.05, 4.69) is 98.0 Å². The monoisotopic (exact) mass is 444 g/mol. The van der Waals surface area contributed by atoms with Crippen molar-refractivity contribution in [2.24, 2.45) is 0 Å². The Labute approximate surface area is 140 Å². The molecule has 2 aromatic rings. The number of hydrogen-bond acceptors (Lipinski definition) is 0. The van der Waals surface area contributed by atoms with Crippen LogP contribution in [0.25, 0.3) is 0 Å². The summed E-state index contributed by atoms with van der Waals surface area (Å²) in [5, 5.41) is 0. The van der Waals surface area contributed by atoms with E-state index in [1.54, 1.807) is 0 Å². The molecule has 0 aliphatic rings. The lowest BCUT2D eigenvalue weighted by Crippen LogP contribution is -1.98. The quantitative estimate of drug-likeness (QED) is 0.471. The topological polar surface area (TPSA) is 0 Å². The van der Waals surface area contributed by atoms with Crippen molar-refractivity contribution in [2.45, 2.75) is 25.1 Å². The Morgan fingerprint density at radius 1 is 0.947 bits per heavy atom. The first-order valence-corrected chi connectivity index (χ1v) is 8.62. The van der Waals surface area contributed by atoms with Crippen LogP contribution in [0.3, 0.4) is 0 Å². The molecule has 0 aliphatic heterocycles. The molecular weight excluding hydrogens is 432 g/mol. The third-order valence-corrected chi connectivity index (χ3v) is 4.92. The van der Waals surface area contributed by atoms with Gasteiger partial charge in [0.05, 0.1) is 0 Å². The van der Waals surface area contributed by atoms with E-state index in [0.717, 1.165) is 15.4 Å². The molecule has 0 amide bonds. The third-order valence-electron chi connectivity index (χ3n) is 3.15. The fourth-order valence-electron chi connectivity index (χ4n) is 2.09. The van der Waals surface area contributed by atoms with Crippen molar-refractivity contribution < 1.29 is 0 Å². The van der Waals surface area contributed by atoms with Crippen LogP contribution in [0, 0.1) is 13.8 Å². The molecule has 1 unspecified atom stereocenters. The summed E-state index contributed by atoms with van der Waals surface area (Å²) in [5.41, 5.74) is 5.35. The first-order chi connectivity index (χ1) is 8.95. The normalized spacial score (nSPS) is 12.5. The summed E-state index contributed by atoms with van der Waals surface area (Å²) < 4.78 is 2.20. The van der Waals surface area contributed by atoms with Crippen molar-refractivity contribution in [3.8, 4) is 0 Å². The molecule has 2 aromatic carbocycles. The summed E-state index contributed by atoms with van der Waals surface area (Å²) in [6.45, 7) is 4.31. The third kappa shape index (κ3) is 4.17.